The SMILES string of the molecule is O=C(C=C(C1CC1)C1CC1)NNC(=O)c1ccccc1. The summed E-state index contributed by atoms with van der Waals surface area (Å²) >= 11 is 0. The Kier molecular flexibility index (Phi) is 3.54. The summed E-state index contributed by atoms with van der Waals surface area (Å²) in [5.41, 5.74) is 6.71. The summed E-state index contributed by atoms with van der Waals surface area (Å²) in [5.74, 6) is 0.686. The number of nitrogens with one attached hydrogen (secondary N) is 2. The van der Waals surface area contributed by atoms with Gasteiger partial charge in [-0.2, -0.15) is 0 Å². The number of rotatable bonds is 4. The molecule has 0 radical (unpaired) electrons. The van der Waals surface area contributed by atoms with Crippen molar-refractivity contribution < 1.29 is 9.59 Å². The second-order valence-corrected chi connectivity index (χ2v) is 5.50. The van der Waals surface area contributed by atoms with Crippen LogP contribution in [-0.2, 0) is 4.79 Å². The van der Waals surface area contributed by atoms with Gasteiger partial charge in [-0.05, 0) is 49.7 Å². The molecule has 0 bridgehead atoms. The van der Waals surface area contributed by atoms with Gasteiger partial charge in [0, 0.05) is 11.6 Å². The molecule has 0 aliphatic heterocycles. The molecule has 2 amide bonds. The molecule has 0 heterocycles. The molecule has 0 spiro atoms. The van der Waals surface area contributed by atoms with Crippen LogP contribution in [0.15, 0.2) is 42.0 Å². The first-order chi connectivity index (χ1) is 9.74. The quantitative estimate of drug-likeness (QED) is 0.651. The lowest BCUT2D eigenvalue weighted by Gasteiger charge is -2.07. The lowest BCUT2D eigenvalue weighted by atomic mass is 10.1. The van der Waals surface area contributed by atoms with Crippen LogP contribution in [0, 0.1) is 11.8 Å². The standard InChI is InChI=1S/C16H18N2O2/c19-15(10-14(11-6-7-11)12-8-9-12)17-18-16(20)13-4-2-1-3-5-13/h1-5,10-12H,6-9H2,(H,17,19)(H,18,20). The minimum absolute atomic E-state index is 0.233. The first-order valence-electron chi connectivity index (χ1n) is 7.11. The highest BCUT2D eigenvalue weighted by molar-refractivity contribution is 5.97. The fourth-order valence-corrected chi connectivity index (χ4v) is 2.37. The van der Waals surface area contributed by atoms with Gasteiger partial charge in [-0.3, -0.25) is 20.4 Å². The molecule has 4 nitrogen and oxygen atoms in total. The van der Waals surface area contributed by atoms with Gasteiger partial charge in [0.25, 0.3) is 11.8 Å². The summed E-state index contributed by atoms with van der Waals surface area (Å²) in [6, 6.07) is 8.83. The van der Waals surface area contributed by atoms with E-state index in [0.29, 0.717) is 17.4 Å². The molecule has 20 heavy (non-hydrogen) atoms. The average Bonchev–Trinajstić information content (AvgIpc) is 3.36. The van der Waals surface area contributed by atoms with Crippen molar-refractivity contribution in [3.05, 3.63) is 47.5 Å². The van der Waals surface area contributed by atoms with Crippen LogP contribution in [-0.4, -0.2) is 11.8 Å². The molecule has 1 aromatic rings. The Bertz CT molecular complexity index is 529. The number of carbonyl (C=O) groups is 2. The van der Waals surface area contributed by atoms with Crippen molar-refractivity contribution in [3.8, 4) is 0 Å². The monoisotopic (exact) mass is 270 g/mol. The highest BCUT2D eigenvalue weighted by Crippen LogP contribution is 2.48. The van der Waals surface area contributed by atoms with Gasteiger partial charge in [0.2, 0.25) is 0 Å². The number of hydrazine groups is 1. The summed E-state index contributed by atoms with van der Waals surface area (Å²) < 4.78 is 0. The van der Waals surface area contributed by atoms with Crippen molar-refractivity contribution in [2.24, 2.45) is 11.8 Å². The predicted molar refractivity (Wildman–Crippen MR) is 75.6 cm³/mol. The van der Waals surface area contributed by atoms with Crippen LogP contribution in [0.4, 0.5) is 0 Å². The second kappa shape index (κ2) is 5.49. The lowest BCUT2D eigenvalue weighted by Crippen LogP contribution is -2.41. The lowest BCUT2D eigenvalue weighted by molar-refractivity contribution is -0.117. The molecule has 0 aromatic heterocycles. The molecule has 2 N–H and O–H groups in total. The maximum atomic E-state index is 11.9. The van der Waals surface area contributed by atoms with E-state index in [1.165, 1.54) is 31.3 Å². The van der Waals surface area contributed by atoms with E-state index < -0.39 is 0 Å². The highest BCUT2D eigenvalue weighted by atomic mass is 16.2. The van der Waals surface area contributed by atoms with Crippen molar-refractivity contribution in [1.29, 1.82) is 0 Å². The average molecular weight is 270 g/mol. The molecular weight excluding hydrogens is 252 g/mol. The van der Waals surface area contributed by atoms with E-state index in [-0.39, 0.29) is 11.8 Å². The van der Waals surface area contributed by atoms with Crippen LogP contribution in [0.1, 0.15) is 36.0 Å². The molecule has 0 saturated heterocycles. The van der Waals surface area contributed by atoms with Crippen molar-refractivity contribution in [2.75, 3.05) is 0 Å². The van der Waals surface area contributed by atoms with Crippen LogP contribution in [0.2, 0.25) is 0 Å². The minimum Gasteiger partial charge on any atom is -0.268 e. The molecule has 2 saturated carbocycles. The van der Waals surface area contributed by atoms with Crippen molar-refractivity contribution >= 4 is 11.8 Å². The fourth-order valence-electron chi connectivity index (χ4n) is 2.37. The van der Waals surface area contributed by atoms with Crippen LogP contribution in [0.3, 0.4) is 0 Å². The molecule has 3 rings (SSSR count). The van der Waals surface area contributed by atoms with E-state index in [2.05, 4.69) is 10.9 Å². The Hall–Kier alpha value is -2.10. The molecule has 0 atom stereocenters. The number of benzene rings is 1. The van der Waals surface area contributed by atoms with Crippen LogP contribution >= 0.6 is 0 Å². The Morgan fingerprint density at radius 2 is 1.55 bits per heavy atom. The van der Waals surface area contributed by atoms with Crippen molar-refractivity contribution in [2.45, 2.75) is 25.7 Å². The minimum atomic E-state index is -0.299. The second-order valence-electron chi connectivity index (χ2n) is 5.50. The van der Waals surface area contributed by atoms with Gasteiger partial charge in [-0.1, -0.05) is 23.8 Å². The molecule has 2 aliphatic rings. The molecular formula is C16H18N2O2. The smallest absolute Gasteiger partial charge is 0.268 e. The summed E-state index contributed by atoms with van der Waals surface area (Å²) in [7, 11) is 0. The highest BCUT2D eigenvalue weighted by Gasteiger charge is 2.36. The van der Waals surface area contributed by atoms with Gasteiger partial charge in [0.05, 0.1) is 0 Å². The zero-order valence-electron chi connectivity index (χ0n) is 11.3. The van der Waals surface area contributed by atoms with Gasteiger partial charge in [-0.15, -0.1) is 0 Å². The maximum Gasteiger partial charge on any atom is 0.269 e. The molecule has 4 heteroatoms. The first kappa shape index (κ1) is 12.9. The van der Waals surface area contributed by atoms with Crippen LogP contribution < -0.4 is 10.9 Å². The molecule has 2 fully saturated rings. The van der Waals surface area contributed by atoms with E-state index in [4.69, 9.17) is 0 Å². The van der Waals surface area contributed by atoms with Gasteiger partial charge in [-0.25, -0.2) is 0 Å². The third kappa shape index (κ3) is 3.26. The third-order valence-electron chi connectivity index (χ3n) is 3.73. The van der Waals surface area contributed by atoms with E-state index >= 15 is 0 Å². The Labute approximate surface area is 118 Å². The molecule has 2 aliphatic carbocycles. The Morgan fingerprint density at radius 3 is 2.10 bits per heavy atom. The molecule has 104 valence electrons. The van der Waals surface area contributed by atoms with Crippen molar-refractivity contribution in [3.63, 3.8) is 0 Å². The summed E-state index contributed by atoms with van der Waals surface area (Å²) in [4.78, 5) is 23.6. The third-order valence-corrected chi connectivity index (χ3v) is 3.73. The summed E-state index contributed by atoms with van der Waals surface area (Å²) in [6.45, 7) is 0. The number of hydrogen-bond donors (Lipinski definition) is 2. The largest absolute Gasteiger partial charge is 0.269 e. The predicted octanol–water partition coefficient (Wildman–Crippen LogP) is 2.19. The number of carbonyl (C=O) groups excluding carboxylic acids is 2. The number of allylic oxidation sites excluding steroid dienone is 1. The summed E-state index contributed by atoms with van der Waals surface area (Å²) in [5, 5.41) is 0. The fraction of sp³-hybridized carbons (Fsp3) is 0.375. The normalized spacial score (nSPS) is 17.2. The van der Waals surface area contributed by atoms with Gasteiger partial charge < -0.3 is 0 Å². The van der Waals surface area contributed by atoms with Crippen LogP contribution in [0.5, 0.6) is 0 Å². The zero-order valence-corrected chi connectivity index (χ0v) is 11.3. The summed E-state index contributed by atoms with van der Waals surface area (Å²) in [6.07, 6.45) is 6.48. The van der Waals surface area contributed by atoms with Gasteiger partial charge in [0.1, 0.15) is 0 Å². The van der Waals surface area contributed by atoms with Crippen molar-refractivity contribution in [1.82, 2.24) is 10.9 Å². The Balaban J connectivity index is 1.54. The maximum absolute atomic E-state index is 11.9. The zero-order chi connectivity index (χ0) is 13.9. The topological polar surface area (TPSA) is 58.2 Å². The molecule has 1 aromatic carbocycles. The van der Waals surface area contributed by atoms with Crippen LogP contribution in [0.25, 0.3) is 0 Å². The first-order valence-corrected chi connectivity index (χ1v) is 7.11. The van der Waals surface area contributed by atoms with E-state index in [1.54, 1.807) is 30.3 Å². The van der Waals surface area contributed by atoms with Gasteiger partial charge in [0.15, 0.2) is 0 Å². The van der Waals surface area contributed by atoms with Gasteiger partial charge >= 0.3 is 0 Å². The van der Waals surface area contributed by atoms with E-state index in [0.717, 1.165) is 0 Å². The molecule has 0 unspecified atom stereocenters. The van der Waals surface area contributed by atoms with E-state index in [1.807, 2.05) is 6.07 Å². The van der Waals surface area contributed by atoms with E-state index in [9.17, 15) is 9.59 Å². The Morgan fingerprint density at radius 1 is 0.950 bits per heavy atom. The number of hydrogen-bond acceptors (Lipinski definition) is 2. The number of amides is 2.